The number of amides is 1. The second-order valence-electron chi connectivity index (χ2n) is 6.00. The number of hydrogen-bond acceptors (Lipinski definition) is 5. The number of carbonyl (C=O) groups excluding carboxylic acids is 1. The summed E-state index contributed by atoms with van der Waals surface area (Å²) in [5.41, 5.74) is 3.01. The molecule has 0 radical (unpaired) electrons. The van der Waals surface area contributed by atoms with Gasteiger partial charge in [-0.05, 0) is 25.8 Å². The molecule has 0 aliphatic heterocycles. The molecule has 1 aromatic carbocycles. The summed E-state index contributed by atoms with van der Waals surface area (Å²) in [4.78, 5) is 11.7. The minimum Gasteiger partial charge on any atom is -0.445 e. The molecule has 2 atom stereocenters. The summed E-state index contributed by atoms with van der Waals surface area (Å²) in [7, 11) is 1.79. The normalized spacial score (nSPS) is 13.3. The molecule has 136 valence electrons. The molecular weight excluding hydrogens is 322 g/mol. The van der Waals surface area contributed by atoms with E-state index in [4.69, 9.17) is 4.74 Å². The molecular formula is C18H25N3O4. The largest absolute Gasteiger partial charge is 0.445 e. The zero-order chi connectivity index (χ0) is 18.4. The zero-order valence-corrected chi connectivity index (χ0v) is 14.8. The number of nitrogens with one attached hydrogen (secondary N) is 1. The van der Waals surface area contributed by atoms with Crippen LogP contribution in [0, 0.1) is 13.8 Å². The maximum Gasteiger partial charge on any atom is 0.407 e. The lowest BCUT2D eigenvalue weighted by Gasteiger charge is -2.18. The van der Waals surface area contributed by atoms with Gasteiger partial charge in [0.05, 0.1) is 11.8 Å². The number of carbonyl (C=O) groups is 1. The van der Waals surface area contributed by atoms with Gasteiger partial charge in [0.2, 0.25) is 0 Å². The first kappa shape index (κ1) is 19.0. The third-order valence-corrected chi connectivity index (χ3v) is 4.15. The number of rotatable bonds is 7. The Morgan fingerprint density at radius 1 is 1.28 bits per heavy atom. The second kappa shape index (κ2) is 8.64. The molecule has 0 aliphatic carbocycles. The fourth-order valence-electron chi connectivity index (χ4n) is 2.66. The Bertz CT molecular complexity index is 700. The van der Waals surface area contributed by atoms with E-state index in [9.17, 15) is 15.0 Å². The van der Waals surface area contributed by atoms with Crippen molar-refractivity contribution in [2.24, 2.45) is 7.05 Å². The first-order chi connectivity index (χ1) is 11.9. The van der Waals surface area contributed by atoms with Crippen LogP contribution in [-0.4, -0.2) is 38.7 Å². The highest BCUT2D eigenvalue weighted by molar-refractivity contribution is 5.67. The summed E-state index contributed by atoms with van der Waals surface area (Å²) in [5.74, 6) is 0. The van der Waals surface area contributed by atoms with Gasteiger partial charge in [-0.25, -0.2) is 4.79 Å². The number of aromatic nitrogens is 2. The summed E-state index contributed by atoms with van der Waals surface area (Å²) in [6, 6.07) is 9.37. The Morgan fingerprint density at radius 2 is 1.96 bits per heavy atom. The average Bonchev–Trinajstić information content (AvgIpc) is 2.85. The molecule has 3 N–H and O–H groups in total. The molecule has 25 heavy (non-hydrogen) atoms. The summed E-state index contributed by atoms with van der Waals surface area (Å²) in [5, 5.41) is 27.3. The third-order valence-electron chi connectivity index (χ3n) is 4.15. The maximum absolute atomic E-state index is 11.7. The predicted molar refractivity (Wildman–Crippen MR) is 92.9 cm³/mol. The number of hydrogen-bond donors (Lipinski definition) is 3. The number of alkyl carbamates (subject to hydrolysis) is 1. The fourth-order valence-corrected chi connectivity index (χ4v) is 2.66. The summed E-state index contributed by atoms with van der Waals surface area (Å²) < 4.78 is 6.76. The zero-order valence-electron chi connectivity index (χ0n) is 14.8. The van der Waals surface area contributed by atoms with E-state index in [0.29, 0.717) is 11.3 Å². The Balaban J connectivity index is 1.76. The van der Waals surface area contributed by atoms with Crippen LogP contribution >= 0.6 is 0 Å². The minimum absolute atomic E-state index is 0.186. The number of aliphatic hydroxyl groups excluding tert-OH is 2. The van der Waals surface area contributed by atoms with Crippen LogP contribution in [0.4, 0.5) is 4.79 Å². The van der Waals surface area contributed by atoms with E-state index in [2.05, 4.69) is 10.4 Å². The molecule has 2 aromatic rings. The molecule has 0 saturated carbocycles. The van der Waals surface area contributed by atoms with E-state index < -0.39 is 18.3 Å². The predicted octanol–water partition coefficient (Wildman–Crippen LogP) is 1.75. The van der Waals surface area contributed by atoms with Crippen LogP contribution in [0.15, 0.2) is 30.3 Å². The van der Waals surface area contributed by atoms with Crippen molar-refractivity contribution in [1.82, 2.24) is 15.1 Å². The second-order valence-corrected chi connectivity index (χ2v) is 6.00. The Hall–Kier alpha value is -2.38. The molecule has 2 rings (SSSR count). The molecule has 1 heterocycles. The first-order valence-corrected chi connectivity index (χ1v) is 8.21. The van der Waals surface area contributed by atoms with Crippen LogP contribution in [0.25, 0.3) is 0 Å². The van der Waals surface area contributed by atoms with Crippen LogP contribution in [0.5, 0.6) is 0 Å². The van der Waals surface area contributed by atoms with Crippen molar-refractivity contribution >= 4 is 6.09 Å². The molecule has 0 aliphatic rings. The molecule has 1 amide bonds. The van der Waals surface area contributed by atoms with E-state index in [-0.39, 0.29) is 19.6 Å². The minimum atomic E-state index is -1.05. The fraction of sp³-hybridized carbons (Fsp3) is 0.444. The van der Waals surface area contributed by atoms with Gasteiger partial charge in [-0.1, -0.05) is 30.3 Å². The summed E-state index contributed by atoms with van der Waals surface area (Å²) in [6.07, 6.45) is -2.40. The van der Waals surface area contributed by atoms with Crippen molar-refractivity contribution in [2.45, 2.75) is 39.1 Å². The average molecular weight is 347 g/mol. The summed E-state index contributed by atoms with van der Waals surface area (Å²) in [6.45, 7) is 4.01. The van der Waals surface area contributed by atoms with Gasteiger partial charge in [0, 0.05) is 24.8 Å². The highest BCUT2D eigenvalue weighted by Crippen LogP contribution is 2.24. The van der Waals surface area contributed by atoms with Crippen LogP contribution in [0.3, 0.4) is 0 Å². The van der Waals surface area contributed by atoms with Gasteiger partial charge in [-0.2, -0.15) is 5.10 Å². The Morgan fingerprint density at radius 3 is 2.56 bits per heavy atom. The van der Waals surface area contributed by atoms with Crippen LogP contribution < -0.4 is 5.32 Å². The van der Waals surface area contributed by atoms with Gasteiger partial charge in [0.15, 0.2) is 0 Å². The number of nitrogens with zero attached hydrogens (tertiary/aromatic N) is 2. The first-order valence-electron chi connectivity index (χ1n) is 8.21. The van der Waals surface area contributed by atoms with Crippen molar-refractivity contribution in [3.8, 4) is 0 Å². The van der Waals surface area contributed by atoms with Crippen molar-refractivity contribution in [3.05, 3.63) is 52.8 Å². The molecule has 1 aromatic heterocycles. The number of ether oxygens (including phenoxy) is 1. The highest BCUT2D eigenvalue weighted by Gasteiger charge is 2.24. The molecule has 0 bridgehead atoms. The van der Waals surface area contributed by atoms with Gasteiger partial charge in [0.1, 0.15) is 12.7 Å². The standard InChI is InChI=1S/C18H25N3O4/c1-12-16(13(2)21(3)20-12)17(23)15(22)9-10-19-18(24)25-11-14-7-5-4-6-8-14/h4-8,15,17,22-23H,9-11H2,1-3H3,(H,19,24). The van der Waals surface area contributed by atoms with Gasteiger partial charge < -0.3 is 20.3 Å². The molecule has 0 fully saturated rings. The van der Waals surface area contributed by atoms with E-state index in [1.165, 1.54) is 0 Å². The SMILES string of the molecule is Cc1nn(C)c(C)c1C(O)C(O)CCNC(=O)OCc1ccccc1. The molecule has 7 heteroatoms. The quantitative estimate of drug-likeness (QED) is 0.709. The van der Waals surface area contributed by atoms with Gasteiger partial charge in [0.25, 0.3) is 0 Å². The van der Waals surface area contributed by atoms with Gasteiger partial charge in [-0.3, -0.25) is 4.68 Å². The van der Waals surface area contributed by atoms with Crippen LogP contribution in [0.2, 0.25) is 0 Å². The Kier molecular flexibility index (Phi) is 6.55. The number of benzene rings is 1. The topological polar surface area (TPSA) is 96.6 Å². The van der Waals surface area contributed by atoms with Crippen molar-refractivity contribution in [3.63, 3.8) is 0 Å². The molecule has 7 nitrogen and oxygen atoms in total. The molecule has 0 saturated heterocycles. The smallest absolute Gasteiger partial charge is 0.407 e. The number of aryl methyl sites for hydroxylation is 2. The van der Waals surface area contributed by atoms with Crippen LogP contribution in [0.1, 0.15) is 35.0 Å². The lowest BCUT2D eigenvalue weighted by Crippen LogP contribution is -2.30. The highest BCUT2D eigenvalue weighted by atomic mass is 16.5. The van der Waals surface area contributed by atoms with Gasteiger partial charge in [-0.15, -0.1) is 0 Å². The van der Waals surface area contributed by atoms with Crippen LogP contribution in [-0.2, 0) is 18.4 Å². The lowest BCUT2D eigenvalue weighted by atomic mass is 10.0. The number of aliphatic hydroxyl groups is 2. The monoisotopic (exact) mass is 347 g/mol. The summed E-state index contributed by atoms with van der Waals surface area (Å²) >= 11 is 0. The molecule has 2 unspecified atom stereocenters. The van der Waals surface area contributed by atoms with Crippen molar-refractivity contribution in [1.29, 1.82) is 0 Å². The van der Waals surface area contributed by atoms with E-state index in [0.717, 1.165) is 11.3 Å². The van der Waals surface area contributed by atoms with E-state index in [1.54, 1.807) is 18.7 Å². The molecule has 0 spiro atoms. The van der Waals surface area contributed by atoms with Crippen molar-refractivity contribution < 1.29 is 19.7 Å². The maximum atomic E-state index is 11.7. The Labute approximate surface area is 147 Å². The third kappa shape index (κ3) is 5.04. The lowest BCUT2D eigenvalue weighted by molar-refractivity contribution is 0.0128. The van der Waals surface area contributed by atoms with E-state index in [1.807, 2.05) is 37.3 Å². The van der Waals surface area contributed by atoms with Crippen molar-refractivity contribution in [2.75, 3.05) is 6.54 Å². The van der Waals surface area contributed by atoms with Gasteiger partial charge >= 0.3 is 6.09 Å². The van der Waals surface area contributed by atoms with E-state index >= 15 is 0 Å².